The van der Waals surface area contributed by atoms with Gasteiger partial charge in [-0.2, -0.15) is 24.4 Å². The first-order valence-electron chi connectivity index (χ1n) is 3.18. The Balaban J connectivity index is 2.39. The molecule has 0 aliphatic carbocycles. The van der Waals surface area contributed by atoms with E-state index in [2.05, 4.69) is 12.6 Å². The van der Waals surface area contributed by atoms with Gasteiger partial charge < -0.3 is 5.11 Å². The Labute approximate surface area is 69.8 Å². The minimum Gasteiger partial charge on any atom is -0.481 e. The van der Waals surface area contributed by atoms with Crippen LogP contribution in [0.1, 0.15) is 6.42 Å². The van der Waals surface area contributed by atoms with E-state index in [1.165, 1.54) is 0 Å². The largest absolute Gasteiger partial charge is 0.481 e. The molecule has 0 bridgehead atoms. The van der Waals surface area contributed by atoms with Crippen molar-refractivity contribution in [3.63, 3.8) is 0 Å². The Morgan fingerprint density at radius 2 is 2.30 bits per heavy atom. The maximum absolute atomic E-state index is 10.5. The van der Waals surface area contributed by atoms with Crippen LogP contribution in [0.2, 0.25) is 0 Å². The summed E-state index contributed by atoms with van der Waals surface area (Å²) in [5, 5.41) is 8.89. The van der Waals surface area contributed by atoms with Crippen molar-refractivity contribution in [2.45, 2.75) is 11.7 Å². The van der Waals surface area contributed by atoms with Crippen LogP contribution in [0.25, 0.3) is 0 Å². The third kappa shape index (κ3) is 2.09. The lowest BCUT2D eigenvalue weighted by atomic mass is 10.1. The van der Waals surface area contributed by atoms with E-state index in [9.17, 15) is 4.79 Å². The third-order valence-electron chi connectivity index (χ3n) is 1.54. The summed E-state index contributed by atoms with van der Waals surface area (Å²) in [5.41, 5.74) is 0. The molecule has 0 amide bonds. The quantitative estimate of drug-likeness (QED) is 0.591. The minimum absolute atomic E-state index is 0.166. The minimum atomic E-state index is -0.675. The molecule has 0 radical (unpaired) electrons. The van der Waals surface area contributed by atoms with Crippen LogP contribution in [-0.2, 0) is 4.79 Å². The first kappa shape index (κ1) is 8.27. The third-order valence-corrected chi connectivity index (χ3v) is 3.45. The molecule has 2 nitrogen and oxygen atoms in total. The lowest BCUT2D eigenvalue weighted by Gasteiger charge is -2.21. The monoisotopic (exact) mass is 178 g/mol. The molecule has 0 aromatic heterocycles. The smallest absolute Gasteiger partial charge is 0.307 e. The van der Waals surface area contributed by atoms with E-state index < -0.39 is 5.97 Å². The van der Waals surface area contributed by atoms with Crippen molar-refractivity contribution in [3.05, 3.63) is 0 Å². The van der Waals surface area contributed by atoms with Gasteiger partial charge in [-0.25, -0.2) is 0 Å². The van der Waals surface area contributed by atoms with Crippen LogP contribution in [-0.4, -0.2) is 27.8 Å². The Hall–Kier alpha value is 0.170. The number of thioether (sulfide) groups is 1. The normalized spacial score (nSPS) is 33.7. The van der Waals surface area contributed by atoms with Crippen molar-refractivity contribution in [3.8, 4) is 0 Å². The summed E-state index contributed by atoms with van der Waals surface area (Å²) < 4.78 is 0. The molecule has 4 heteroatoms. The predicted molar refractivity (Wildman–Crippen MR) is 45.8 cm³/mol. The van der Waals surface area contributed by atoms with E-state index in [0.717, 1.165) is 17.9 Å². The molecule has 0 spiro atoms. The van der Waals surface area contributed by atoms with E-state index in [-0.39, 0.29) is 11.2 Å². The van der Waals surface area contributed by atoms with E-state index in [0.29, 0.717) is 0 Å². The van der Waals surface area contributed by atoms with Crippen LogP contribution in [0.15, 0.2) is 0 Å². The molecule has 58 valence electrons. The second-order valence-electron chi connectivity index (χ2n) is 2.46. The molecule has 0 unspecified atom stereocenters. The summed E-state index contributed by atoms with van der Waals surface area (Å²) in [6, 6.07) is 0. The summed E-state index contributed by atoms with van der Waals surface area (Å²) in [5.74, 6) is 0.909. The Kier molecular flexibility index (Phi) is 2.92. The molecule has 0 aromatic carbocycles. The molecule has 1 aliphatic rings. The van der Waals surface area contributed by atoms with Gasteiger partial charge in [0.15, 0.2) is 0 Å². The fraction of sp³-hybridized carbons (Fsp3) is 0.833. The van der Waals surface area contributed by atoms with Gasteiger partial charge in [0.1, 0.15) is 0 Å². The van der Waals surface area contributed by atoms with E-state index in [1.807, 2.05) is 0 Å². The maximum Gasteiger partial charge on any atom is 0.307 e. The fourth-order valence-corrected chi connectivity index (χ4v) is 2.66. The number of hydrogen-bond donors (Lipinski definition) is 2. The van der Waals surface area contributed by atoms with Crippen molar-refractivity contribution in [1.82, 2.24) is 0 Å². The Morgan fingerprint density at radius 1 is 1.60 bits per heavy atom. The first-order valence-corrected chi connectivity index (χ1v) is 4.86. The lowest BCUT2D eigenvalue weighted by molar-refractivity contribution is -0.141. The van der Waals surface area contributed by atoms with Crippen molar-refractivity contribution in [2.24, 2.45) is 5.92 Å². The van der Waals surface area contributed by atoms with Crippen LogP contribution in [0.4, 0.5) is 0 Å². The second-order valence-corrected chi connectivity index (χ2v) is 4.27. The van der Waals surface area contributed by atoms with Crippen LogP contribution >= 0.6 is 24.4 Å². The highest BCUT2D eigenvalue weighted by Crippen LogP contribution is 2.26. The number of carboxylic acid groups (broad SMARTS) is 1. The van der Waals surface area contributed by atoms with Crippen molar-refractivity contribution >= 4 is 30.4 Å². The molecule has 2 atom stereocenters. The number of rotatable bonds is 1. The van der Waals surface area contributed by atoms with Gasteiger partial charge in [-0.05, 0) is 6.42 Å². The van der Waals surface area contributed by atoms with Gasteiger partial charge in [-0.1, -0.05) is 0 Å². The number of hydrogen-bond acceptors (Lipinski definition) is 3. The van der Waals surface area contributed by atoms with Crippen LogP contribution < -0.4 is 0 Å². The van der Waals surface area contributed by atoms with Crippen molar-refractivity contribution < 1.29 is 9.90 Å². The zero-order chi connectivity index (χ0) is 7.56. The van der Waals surface area contributed by atoms with Gasteiger partial charge >= 0.3 is 5.97 Å². The number of carbonyl (C=O) groups is 1. The molecule has 1 rings (SSSR count). The SMILES string of the molecule is O=C(O)[C@@H]1CSC[C@@H](S)C1. The van der Waals surface area contributed by atoms with Crippen LogP contribution in [0, 0.1) is 5.92 Å². The molecule has 1 heterocycles. The first-order chi connectivity index (χ1) is 4.70. The van der Waals surface area contributed by atoms with E-state index in [4.69, 9.17) is 5.11 Å². The summed E-state index contributed by atoms with van der Waals surface area (Å²) >= 11 is 5.91. The Morgan fingerprint density at radius 3 is 2.70 bits per heavy atom. The Bertz CT molecular complexity index is 138. The highest BCUT2D eigenvalue weighted by Gasteiger charge is 2.24. The molecule has 1 saturated heterocycles. The molecule has 1 aliphatic heterocycles. The summed E-state index contributed by atoms with van der Waals surface area (Å²) in [6.07, 6.45) is 0.728. The fourth-order valence-electron chi connectivity index (χ4n) is 0.983. The van der Waals surface area contributed by atoms with Crippen molar-refractivity contribution in [1.29, 1.82) is 0 Å². The zero-order valence-corrected chi connectivity index (χ0v) is 7.20. The average molecular weight is 178 g/mol. The van der Waals surface area contributed by atoms with Gasteiger partial charge in [0.05, 0.1) is 5.92 Å². The highest BCUT2D eigenvalue weighted by molar-refractivity contribution is 8.00. The molecular weight excluding hydrogens is 168 g/mol. The molecule has 1 N–H and O–H groups in total. The molecule has 0 saturated carbocycles. The van der Waals surface area contributed by atoms with Gasteiger partial charge in [0.25, 0.3) is 0 Å². The molecule has 1 fully saturated rings. The zero-order valence-electron chi connectivity index (χ0n) is 5.49. The standard InChI is InChI=1S/C6H10O2S2/c7-6(8)4-1-5(9)3-10-2-4/h4-5,9H,1-3H2,(H,7,8)/t4-,5-/m0/s1. The summed E-state index contributed by atoms with van der Waals surface area (Å²) in [4.78, 5) is 10.5. The molecule has 10 heavy (non-hydrogen) atoms. The van der Waals surface area contributed by atoms with Gasteiger partial charge in [-0.15, -0.1) is 0 Å². The van der Waals surface area contributed by atoms with Crippen LogP contribution in [0.5, 0.6) is 0 Å². The highest BCUT2D eigenvalue weighted by atomic mass is 32.2. The maximum atomic E-state index is 10.5. The van der Waals surface area contributed by atoms with Gasteiger partial charge in [-0.3, -0.25) is 4.79 Å². The van der Waals surface area contributed by atoms with Gasteiger partial charge in [0, 0.05) is 16.8 Å². The number of carboxylic acids is 1. The van der Waals surface area contributed by atoms with E-state index >= 15 is 0 Å². The van der Waals surface area contributed by atoms with Crippen molar-refractivity contribution in [2.75, 3.05) is 11.5 Å². The molecular formula is C6H10O2S2. The second kappa shape index (κ2) is 3.53. The summed E-state index contributed by atoms with van der Waals surface area (Å²) in [7, 11) is 0. The molecule has 0 aromatic rings. The summed E-state index contributed by atoms with van der Waals surface area (Å²) in [6.45, 7) is 0. The van der Waals surface area contributed by atoms with Gasteiger partial charge in [0.2, 0.25) is 0 Å². The number of aliphatic carboxylic acids is 1. The van der Waals surface area contributed by atoms with E-state index in [1.54, 1.807) is 11.8 Å². The average Bonchev–Trinajstić information content (AvgIpc) is 1.88. The number of thiol groups is 1. The lowest BCUT2D eigenvalue weighted by Crippen LogP contribution is -2.26. The van der Waals surface area contributed by atoms with Crippen LogP contribution in [0.3, 0.4) is 0 Å². The predicted octanol–water partition coefficient (Wildman–Crippen LogP) is 1.12. The topological polar surface area (TPSA) is 37.3 Å².